The van der Waals surface area contributed by atoms with Crippen LogP contribution in [0.5, 0.6) is 0 Å². The zero-order valence-corrected chi connectivity index (χ0v) is 11.2. The predicted molar refractivity (Wildman–Crippen MR) is 72.5 cm³/mol. The first-order chi connectivity index (χ1) is 9.97. The third-order valence-electron chi connectivity index (χ3n) is 2.81. The van der Waals surface area contributed by atoms with Gasteiger partial charge in [0.1, 0.15) is 5.69 Å². The largest absolute Gasteiger partial charge is 0.417 e. The Hall–Kier alpha value is -2.35. The van der Waals surface area contributed by atoms with Gasteiger partial charge < -0.3 is 10.3 Å². The minimum Gasteiger partial charge on any atom is -0.380 e. The molecule has 0 aliphatic heterocycles. The van der Waals surface area contributed by atoms with Gasteiger partial charge in [0, 0.05) is 11.1 Å². The van der Waals surface area contributed by atoms with E-state index in [-0.39, 0.29) is 17.3 Å². The van der Waals surface area contributed by atoms with E-state index in [1.165, 1.54) is 17.4 Å². The van der Waals surface area contributed by atoms with E-state index < -0.39 is 11.7 Å². The Kier molecular flexibility index (Phi) is 3.17. The molecule has 0 amide bonds. The summed E-state index contributed by atoms with van der Waals surface area (Å²) in [6.45, 7) is 0. The van der Waals surface area contributed by atoms with E-state index in [2.05, 4.69) is 10.1 Å². The number of pyridine rings is 1. The van der Waals surface area contributed by atoms with Crippen molar-refractivity contribution in [1.29, 1.82) is 0 Å². The van der Waals surface area contributed by atoms with Crippen molar-refractivity contribution in [2.75, 3.05) is 5.73 Å². The van der Waals surface area contributed by atoms with Crippen LogP contribution in [0.3, 0.4) is 0 Å². The molecule has 0 atom stereocenters. The second-order valence-corrected chi connectivity index (χ2v) is 5.13. The van der Waals surface area contributed by atoms with E-state index in [4.69, 9.17) is 10.3 Å². The molecule has 0 saturated carbocycles. The van der Waals surface area contributed by atoms with Crippen LogP contribution in [0.4, 0.5) is 19.0 Å². The highest BCUT2D eigenvalue weighted by Gasteiger charge is 2.31. The SMILES string of the molecule is Nc1noc(-c2ccc(C(F)(F)F)cn2)c1-c1cccs1. The van der Waals surface area contributed by atoms with Crippen molar-refractivity contribution < 1.29 is 17.7 Å². The van der Waals surface area contributed by atoms with E-state index in [1.54, 1.807) is 0 Å². The van der Waals surface area contributed by atoms with Gasteiger partial charge >= 0.3 is 6.18 Å². The van der Waals surface area contributed by atoms with Crippen molar-refractivity contribution in [3.05, 3.63) is 41.4 Å². The van der Waals surface area contributed by atoms with Crippen LogP contribution in [-0.2, 0) is 6.18 Å². The summed E-state index contributed by atoms with van der Waals surface area (Å²) in [5, 5.41) is 5.52. The second-order valence-electron chi connectivity index (χ2n) is 4.18. The average molecular weight is 311 g/mol. The Labute approximate surface area is 121 Å². The number of nitrogens with zero attached hydrogens (tertiary/aromatic N) is 2. The third-order valence-corrected chi connectivity index (χ3v) is 3.70. The van der Waals surface area contributed by atoms with Gasteiger partial charge in [0.2, 0.25) is 0 Å². The molecule has 3 heterocycles. The Morgan fingerprint density at radius 1 is 1.19 bits per heavy atom. The number of nitrogen functional groups attached to an aromatic ring is 1. The zero-order chi connectivity index (χ0) is 15.0. The number of aromatic nitrogens is 2. The maximum Gasteiger partial charge on any atom is 0.417 e. The van der Waals surface area contributed by atoms with Gasteiger partial charge in [-0.3, -0.25) is 4.98 Å². The quantitative estimate of drug-likeness (QED) is 0.775. The highest BCUT2D eigenvalue weighted by Crippen LogP contribution is 2.38. The molecule has 2 N–H and O–H groups in total. The van der Waals surface area contributed by atoms with Crippen molar-refractivity contribution in [2.24, 2.45) is 0 Å². The fourth-order valence-electron chi connectivity index (χ4n) is 1.83. The lowest BCUT2D eigenvalue weighted by atomic mass is 10.1. The number of thiophene rings is 1. The van der Waals surface area contributed by atoms with Crippen molar-refractivity contribution in [2.45, 2.75) is 6.18 Å². The molecule has 0 unspecified atom stereocenters. The van der Waals surface area contributed by atoms with Gasteiger partial charge in [0.15, 0.2) is 11.6 Å². The lowest BCUT2D eigenvalue weighted by Gasteiger charge is -2.06. The van der Waals surface area contributed by atoms with Gasteiger partial charge in [-0.1, -0.05) is 11.2 Å². The molecule has 0 fully saturated rings. The summed E-state index contributed by atoms with van der Waals surface area (Å²) in [6, 6.07) is 5.83. The van der Waals surface area contributed by atoms with Crippen LogP contribution in [0.2, 0.25) is 0 Å². The molecular weight excluding hydrogens is 303 g/mol. The fourth-order valence-corrected chi connectivity index (χ4v) is 2.61. The van der Waals surface area contributed by atoms with Crippen LogP contribution in [0.15, 0.2) is 40.4 Å². The number of anilines is 1. The molecule has 3 rings (SSSR count). The molecule has 0 bridgehead atoms. The second kappa shape index (κ2) is 4.88. The number of halogens is 3. The number of hydrogen-bond acceptors (Lipinski definition) is 5. The lowest BCUT2D eigenvalue weighted by molar-refractivity contribution is -0.137. The van der Waals surface area contributed by atoms with Gasteiger partial charge in [-0.25, -0.2) is 0 Å². The molecule has 108 valence electrons. The number of nitrogens with two attached hydrogens (primary N) is 1. The maximum atomic E-state index is 12.5. The molecule has 0 aromatic carbocycles. The number of alkyl halides is 3. The Morgan fingerprint density at radius 2 is 2.00 bits per heavy atom. The molecule has 8 heteroatoms. The van der Waals surface area contributed by atoms with Crippen LogP contribution in [0.25, 0.3) is 21.9 Å². The number of hydrogen-bond donors (Lipinski definition) is 1. The topological polar surface area (TPSA) is 64.9 Å². The molecule has 0 aliphatic carbocycles. The zero-order valence-electron chi connectivity index (χ0n) is 10.4. The maximum absolute atomic E-state index is 12.5. The molecule has 0 radical (unpaired) electrons. The highest BCUT2D eigenvalue weighted by atomic mass is 32.1. The Balaban J connectivity index is 2.06. The van der Waals surface area contributed by atoms with Gasteiger partial charge in [-0.15, -0.1) is 11.3 Å². The molecule has 3 aromatic heterocycles. The summed E-state index contributed by atoms with van der Waals surface area (Å²) in [5.41, 5.74) is 5.73. The minimum absolute atomic E-state index is 0.175. The van der Waals surface area contributed by atoms with Crippen LogP contribution >= 0.6 is 11.3 Å². The summed E-state index contributed by atoms with van der Waals surface area (Å²) < 4.78 is 42.7. The first-order valence-corrected chi connectivity index (χ1v) is 6.67. The summed E-state index contributed by atoms with van der Waals surface area (Å²) in [7, 11) is 0. The smallest absolute Gasteiger partial charge is 0.380 e. The molecule has 4 nitrogen and oxygen atoms in total. The van der Waals surface area contributed by atoms with E-state index in [0.717, 1.165) is 17.1 Å². The van der Waals surface area contributed by atoms with E-state index in [0.29, 0.717) is 5.56 Å². The fraction of sp³-hybridized carbons (Fsp3) is 0.0769. The Bertz CT molecular complexity index is 748. The monoisotopic (exact) mass is 311 g/mol. The van der Waals surface area contributed by atoms with Crippen molar-refractivity contribution >= 4 is 17.2 Å². The van der Waals surface area contributed by atoms with Crippen LogP contribution < -0.4 is 5.73 Å². The van der Waals surface area contributed by atoms with Gasteiger partial charge in [0.25, 0.3) is 0 Å². The van der Waals surface area contributed by atoms with Gasteiger partial charge in [0.05, 0.1) is 11.1 Å². The van der Waals surface area contributed by atoms with Crippen LogP contribution in [0, 0.1) is 0 Å². The van der Waals surface area contributed by atoms with E-state index >= 15 is 0 Å². The van der Waals surface area contributed by atoms with Crippen molar-refractivity contribution in [1.82, 2.24) is 10.1 Å². The summed E-state index contributed by atoms with van der Waals surface area (Å²) in [5.74, 6) is 0.429. The average Bonchev–Trinajstić information content (AvgIpc) is 3.06. The molecule has 0 saturated heterocycles. The third kappa shape index (κ3) is 2.49. The summed E-state index contributed by atoms with van der Waals surface area (Å²) in [4.78, 5) is 4.61. The van der Waals surface area contributed by atoms with E-state index in [1.807, 2.05) is 17.5 Å². The van der Waals surface area contributed by atoms with Gasteiger partial charge in [-0.2, -0.15) is 13.2 Å². The van der Waals surface area contributed by atoms with Crippen molar-refractivity contribution in [3.8, 4) is 21.9 Å². The standard InChI is InChI=1S/C13H8F3N3OS/c14-13(15,16)7-3-4-8(18-6-7)11-10(12(17)19-20-11)9-2-1-5-21-9/h1-6H,(H2,17,19). The van der Waals surface area contributed by atoms with Crippen molar-refractivity contribution in [3.63, 3.8) is 0 Å². The predicted octanol–water partition coefficient (Wildman–Crippen LogP) is 4.07. The van der Waals surface area contributed by atoms with Crippen LogP contribution in [0.1, 0.15) is 5.56 Å². The minimum atomic E-state index is -4.43. The molecule has 0 aliphatic rings. The number of rotatable bonds is 2. The lowest BCUT2D eigenvalue weighted by Crippen LogP contribution is -2.05. The summed E-state index contributed by atoms with van der Waals surface area (Å²) in [6.07, 6.45) is -3.67. The van der Waals surface area contributed by atoms with E-state index in [9.17, 15) is 13.2 Å². The first kappa shape index (κ1) is 13.6. The molecule has 21 heavy (non-hydrogen) atoms. The summed E-state index contributed by atoms with van der Waals surface area (Å²) >= 11 is 1.42. The molecule has 3 aromatic rings. The highest BCUT2D eigenvalue weighted by molar-refractivity contribution is 7.13. The Morgan fingerprint density at radius 3 is 2.57 bits per heavy atom. The normalized spacial score (nSPS) is 11.8. The van der Waals surface area contributed by atoms with Crippen LogP contribution in [-0.4, -0.2) is 10.1 Å². The van der Waals surface area contributed by atoms with Gasteiger partial charge in [-0.05, 0) is 23.6 Å². The molecule has 0 spiro atoms. The molecular formula is C13H8F3N3OS. The first-order valence-electron chi connectivity index (χ1n) is 5.79.